The minimum atomic E-state index is -2.57. The molecule has 15 heavy (non-hydrogen) atoms. The van der Waals surface area contributed by atoms with Gasteiger partial charge in [0.1, 0.15) is 5.75 Å². The van der Waals surface area contributed by atoms with E-state index in [0.29, 0.717) is 5.75 Å². The third-order valence-corrected chi connectivity index (χ3v) is 2.09. The van der Waals surface area contributed by atoms with Crippen molar-refractivity contribution >= 4 is 0 Å². The number of methoxy groups -OCH3 is 1. The van der Waals surface area contributed by atoms with Gasteiger partial charge in [0.05, 0.1) is 13.2 Å². The molecule has 1 unspecified atom stereocenters. The number of alkyl halides is 2. The predicted molar refractivity (Wildman–Crippen MR) is 52.0 cm³/mol. The van der Waals surface area contributed by atoms with Crippen molar-refractivity contribution in [2.75, 3.05) is 13.7 Å². The highest BCUT2D eigenvalue weighted by Crippen LogP contribution is 2.29. The molecule has 0 saturated carbocycles. The number of ether oxygens (including phenoxy) is 1. The van der Waals surface area contributed by atoms with Crippen molar-refractivity contribution in [2.45, 2.75) is 12.5 Å². The highest BCUT2D eigenvalue weighted by atomic mass is 19.3. The maximum absolute atomic E-state index is 12.4. The van der Waals surface area contributed by atoms with Gasteiger partial charge >= 0.3 is 0 Å². The first kappa shape index (κ1) is 11.9. The van der Waals surface area contributed by atoms with E-state index in [9.17, 15) is 13.9 Å². The van der Waals surface area contributed by atoms with Gasteiger partial charge in [-0.15, -0.1) is 0 Å². The lowest BCUT2D eigenvalue weighted by molar-refractivity contribution is 0.149. The second kappa shape index (κ2) is 5.04. The number of benzene rings is 1. The normalized spacial score (nSPS) is 12.9. The zero-order valence-corrected chi connectivity index (χ0v) is 8.28. The average molecular weight is 217 g/mol. The van der Waals surface area contributed by atoms with Crippen molar-refractivity contribution in [3.05, 3.63) is 29.3 Å². The summed E-state index contributed by atoms with van der Waals surface area (Å²) in [6, 6.07) is 3.87. The zero-order valence-electron chi connectivity index (χ0n) is 8.28. The van der Waals surface area contributed by atoms with E-state index in [-0.39, 0.29) is 17.7 Å². The minimum Gasteiger partial charge on any atom is -0.496 e. The summed E-state index contributed by atoms with van der Waals surface area (Å²) in [5, 5.41) is 9.50. The summed E-state index contributed by atoms with van der Waals surface area (Å²) in [7, 11) is 1.41. The number of rotatable bonds is 4. The number of halogens is 2. The molecule has 0 aliphatic carbocycles. The van der Waals surface area contributed by atoms with Gasteiger partial charge in [0, 0.05) is 17.7 Å². The highest BCUT2D eigenvalue weighted by molar-refractivity contribution is 5.39. The Labute approximate surface area is 86.5 Å². The van der Waals surface area contributed by atoms with Gasteiger partial charge in [-0.25, -0.2) is 8.78 Å². The van der Waals surface area contributed by atoms with E-state index in [2.05, 4.69) is 0 Å². The van der Waals surface area contributed by atoms with Gasteiger partial charge in [0.2, 0.25) is 0 Å². The Bertz CT molecular complexity index is 331. The molecule has 0 fully saturated rings. The van der Waals surface area contributed by atoms with Crippen LogP contribution in [0.2, 0.25) is 0 Å². The Balaban J connectivity index is 3.13. The van der Waals surface area contributed by atoms with Crippen LogP contribution in [-0.4, -0.2) is 18.8 Å². The van der Waals surface area contributed by atoms with Crippen LogP contribution in [0.5, 0.6) is 5.75 Å². The summed E-state index contributed by atoms with van der Waals surface area (Å²) in [6.07, 6.45) is -3.56. The topological polar surface area (TPSA) is 55.5 Å². The lowest BCUT2D eigenvalue weighted by Crippen LogP contribution is -2.13. The van der Waals surface area contributed by atoms with Crippen molar-refractivity contribution in [3.63, 3.8) is 0 Å². The molecule has 1 aromatic rings. The Morgan fingerprint density at radius 1 is 1.47 bits per heavy atom. The largest absolute Gasteiger partial charge is 0.496 e. The molecule has 1 aromatic carbocycles. The monoisotopic (exact) mass is 217 g/mol. The Kier molecular flexibility index (Phi) is 3.99. The fraction of sp³-hybridized carbons (Fsp3) is 0.400. The summed E-state index contributed by atoms with van der Waals surface area (Å²) in [5.41, 5.74) is 5.40. The van der Waals surface area contributed by atoms with Gasteiger partial charge in [-0.2, -0.15) is 0 Å². The van der Waals surface area contributed by atoms with Crippen molar-refractivity contribution in [1.82, 2.24) is 0 Å². The molecule has 0 aliphatic rings. The molecule has 5 heteroatoms. The molecule has 0 spiro atoms. The Hall–Kier alpha value is -1.20. The summed E-state index contributed by atoms with van der Waals surface area (Å²) >= 11 is 0. The lowest BCUT2D eigenvalue weighted by Gasteiger charge is -2.14. The minimum absolute atomic E-state index is 0.0386. The maximum Gasteiger partial charge on any atom is 0.263 e. The van der Waals surface area contributed by atoms with E-state index in [0.717, 1.165) is 0 Å². The van der Waals surface area contributed by atoms with Crippen LogP contribution in [0.1, 0.15) is 23.7 Å². The van der Waals surface area contributed by atoms with Gasteiger partial charge in [0.25, 0.3) is 6.43 Å². The van der Waals surface area contributed by atoms with Crippen LogP contribution in [0.25, 0.3) is 0 Å². The van der Waals surface area contributed by atoms with E-state index in [1.54, 1.807) is 0 Å². The van der Waals surface area contributed by atoms with Crippen LogP contribution in [0.15, 0.2) is 18.2 Å². The maximum atomic E-state index is 12.4. The van der Waals surface area contributed by atoms with Gasteiger partial charge in [0.15, 0.2) is 0 Å². The van der Waals surface area contributed by atoms with Gasteiger partial charge in [-0.1, -0.05) is 0 Å². The fourth-order valence-corrected chi connectivity index (χ4v) is 1.28. The lowest BCUT2D eigenvalue weighted by atomic mass is 10.0. The van der Waals surface area contributed by atoms with E-state index < -0.39 is 12.5 Å². The van der Waals surface area contributed by atoms with E-state index in [1.165, 1.54) is 25.3 Å². The van der Waals surface area contributed by atoms with Crippen molar-refractivity contribution < 1.29 is 18.6 Å². The number of aliphatic hydroxyl groups is 1. The summed E-state index contributed by atoms with van der Waals surface area (Å²) < 4.78 is 29.7. The molecule has 84 valence electrons. The van der Waals surface area contributed by atoms with E-state index in [1.807, 2.05) is 0 Å². The first-order valence-electron chi connectivity index (χ1n) is 4.44. The molecule has 1 atom stereocenters. The van der Waals surface area contributed by atoms with Crippen LogP contribution in [0.3, 0.4) is 0 Å². The molecule has 0 amide bonds. The molecule has 0 bridgehead atoms. The van der Waals surface area contributed by atoms with Crippen molar-refractivity contribution in [1.29, 1.82) is 0 Å². The Morgan fingerprint density at radius 3 is 2.60 bits per heavy atom. The fourth-order valence-electron chi connectivity index (χ4n) is 1.28. The molecule has 3 nitrogen and oxygen atoms in total. The first-order chi connectivity index (χ1) is 7.10. The molecular weight excluding hydrogens is 204 g/mol. The Morgan fingerprint density at radius 2 is 2.13 bits per heavy atom. The van der Waals surface area contributed by atoms with E-state index in [4.69, 9.17) is 10.5 Å². The first-order valence-corrected chi connectivity index (χ1v) is 4.44. The third kappa shape index (κ3) is 2.64. The second-order valence-corrected chi connectivity index (χ2v) is 3.05. The highest BCUT2D eigenvalue weighted by Gasteiger charge is 2.15. The van der Waals surface area contributed by atoms with Crippen LogP contribution < -0.4 is 10.5 Å². The molecular formula is C10H13F2NO2. The number of aliphatic hydroxyl groups excluding tert-OH is 1. The number of hydrogen-bond acceptors (Lipinski definition) is 3. The number of nitrogens with two attached hydrogens (primary N) is 1. The van der Waals surface area contributed by atoms with Crippen LogP contribution >= 0.6 is 0 Å². The third-order valence-electron chi connectivity index (χ3n) is 2.09. The molecule has 0 saturated heterocycles. The summed E-state index contributed by atoms with van der Waals surface area (Å²) in [5.74, 6) is 0.359. The second-order valence-electron chi connectivity index (χ2n) is 3.05. The summed E-state index contributed by atoms with van der Waals surface area (Å²) in [6.45, 7) is -0.0386. The van der Waals surface area contributed by atoms with Gasteiger partial charge < -0.3 is 15.6 Å². The standard InChI is InChI=1S/C10H13F2NO2/c1-15-9-3-2-6(10(11)12)4-7(9)8(14)5-13/h2-4,8,10,14H,5,13H2,1H3. The smallest absolute Gasteiger partial charge is 0.263 e. The number of hydrogen-bond donors (Lipinski definition) is 2. The van der Waals surface area contributed by atoms with E-state index >= 15 is 0 Å². The molecule has 0 aromatic heterocycles. The SMILES string of the molecule is COc1ccc(C(F)F)cc1C(O)CN. The van der Waals surface area contributed by atoms with Gasteiger partial charge in [-0.05, 0) is 18.2 Å². The molecule has 3 N–H and O–H groups in total. The average Bonchev–Trinajstić information content (AvgIpc) is 2.27. The van der Waals surface area contributed by atoms with Crippen LogP contribution in [0.4, 0.5) is 8.78 Å². The molecule has 0 heterocycles. The molecule has 0 aliphatic heterocycles. The summed E-state index contributed by atoms with van der Waals surface area (Å²) in [4.78, 5) is 0. The quantitative estimate of drug-likeness (QED) is 0.805. The van der Waals surface area contributed by atoms with Crippen molar-refractivity contribution in [3.8, 4) is 5.75 Å². The van der Waals surface area contributed by atoms with Crippen LogP contribution in [-0.2, 0) is 0 Å². The van der Waals surface area contributed by atoms with Gasteiger partial charge in [-0.3, -0.25) is 0 Å². The van der Waals surface area contributed by atoms with Crippen molar-refractivity contribution in [2.24, 2.45) is 5.73 Å². The molecule has 1 rings (SSSR count). The zero-order chi connectivity index (χ0) is 11.4. The predicted octanol–water partition coefficient (Wildman–Crippen LogP) is 1.62. The van der Waals surface area contributed by atoms with Crippen LogP contribution in [0, 0.1) is 0 Å². The molecule has 0 radical (unpaired) electrons.